The van der Waals surface area contributed by atoms with Crippen LogP contribution in [0.25, 0.3) is 0 Å². The topological polar surface area (TPSA) is 90.1 Å². The summed E-state index contributed by atoms with van der Waals surface area (Å²) in [5, 5.41) is 17.9. The molecule has 2 aromatic rings. The first-order chi connectivity index (χ1) is 10.3. The average molecular weight is 414 g/mol. The van der Waals surface area contributed by atoms with Crippen molar-refractivity contribution in [2.45, 2.75) is 26.8 Å². The van der Waals surface area contributed by atoms with E-state index in [9.17, 15) is 14.9 Å². The normalized spacial score (nSPS) is 12.0. The lowest BCUT2D eigenvalue weighted by molar-refractivity contribution is -0.386. The highest BCUT2D eigenvalue weighted by Crippen LogP contribution is 2.25. The Morgan fingerprint density at radius 2 is 2.14 bits per heavy atom. The van der Waals surface area contributed by atoms with Crippen LogP contribution in [0.4, 0.5) is 11.4 Å². The number of carbonyl (C=O) groups is 1. The number of hydrogen-bond acceptors (Lipinski definition) is 4. The average Bonchev–Trinajstić information content (AvgIpc) is 2.73. The Morgan fingerprint density at radius 1 is 1.45 bits per heavy atom. The Balaban J connectivity index is 2.24. The van der Waals surface area contributed by atoms with Crippen molar-refractivity contribution in [3.63, 3.8) is 0 Å². The molecule has 8 heteroatoms. The van der Waals surface area contributed by atoms with E-state index in [-0.39, 0.29) is 11.6 Å². The lowest BCUT2D eigenvalue weighted by atomic mass is 10.2. The summed E-state index contributed by atoms with van der Waals surface area (Å²) in [7, 11) is 0. The summed E-state index contributed by atoms with van der Waals surface area (Å²) in [6, 6.07) is 6.75. The van der Waals surface area contributed by atoms with Crippen LogP contribution in [0, 0.1) is 27.5 Å². The van der Waals surface area contributed by atoms with E-state index in [2.05, 4.69) is 33.0 Å². The molecule has 2 rings (SSSR count). The molecule has 0 spiro atoms. The molecule has 0 bridgehead atoms. The van der Waals surface area contributed by atoms with Crippen molar-refractivity contribution in [1.82, 2.24) is 9.78 Å². The van der Waals surface area contributed by atoms with Gasteiger partial charge in [-0.1, -0.05) is 6.07 Å². The van der Waals surface area contributed by atoms with Crippen LogP contribution >= 0.6 is 22.6 Å². The molecule has 1 unspecified atom stereocenters. The molecule has 22 heavy (non-hydrogen) atoms. The van der Waals surface area contributed by atoms with Crippen molar-refractivity contribution in [3.8, 4) is 0 Å². The second-order valence-electron chi connectivity index (χ2n) is 4.90. The second kappa shape index (κ2) is 6.42. The van der Waals surface area contributed by atoms with Crippen LogP contribution in [0.3, 0.4) is 0 Å². The molecule has 1 aromatic heterocycles. The van der Waals surface area contributed by atoms with Gasteiger partial charge in [0.05, 0.1) is 4.92 Å². The highest BCUT2D eigenvalue weighted by molar-refractivity contribution is 14.1. The fourth-order valence-electron chi connectivity index (χ4n) is 2.22. The molecule has 0 aliphatic rings. The molecule has 1 N–H and O–H groups in total. The number of nitrogens with one attached hydrogen (secondary N) is 1. The molecule has 0 saturated carbocycles. The van der Waals surface area contributed by atoms with Gasteiger partial charge in [-0.25, -0.2) is 0 Å². The van der Waals surface area contributed by atoms with Crippen molar-refractivity contribution >= 4 is 39.9 Å². The third-order valence-electron chi connectivity index (χ3n) is 3.31. The molecule has 1 aromatic carbocycles. The minimum atomic E-state index is -0.648. The highest BCUT2D eigenvalue weighted by Gasteiger charge is 2.27. The zero-order chi connectivity index (χ0) is 16.4. The minimum absolute atomic E-state index is 0.0473. The van der Waals surface area contributed by atoms with Crippen LogP contribution in [0.5, 0.6) is 0 Å². The summed E-state index contributed by atoms with van der Waals surface area (Å²) in [6.45, 7) is 4.81. The third-order valence-corrected chi connectivity index (χ3v) is 3.98. The van der Waals surface area contributed by atoms with Crippen molar-refractivity contribution in [1.29, 1.82) is 0 Å². The summed E-state index contributed by atoms with van der Waals surface area (Å²) in [4.78, 5) is 22.9. The summed E-state index contributed by atoms with van der Waals surface area (Å²) in [6.07, 6.45) is 0. The molecule has 116 valence electrons. The highest BCUT2D eigenvalue weighted by atomic mass is 127. The van der Waals surface area contributed by atoms with Crippen molar-refractivity contribution in [3.05, 3.63) is 49.3 Å². The monoisotopic (exact) mass is 414 g/mol. The van der Waals surface area contributed by atoms with Crippen LogP contribution in [-0.2, 0) is 4.79 Å². The van der Waals surface area contributed by atoms with E-state index in [0.717, 1.165) is 3.57 Å². The van der Waals surface area contributed by atoms with Crippen LogP contribution in [0.2, 0.25) is 0 Å². The molecular formula is C14H15IN4O3. The fraction of sp³-hybridized carbons (Fsp3) is 0.286. The van der Waals surface area contributed by atoms with Gasteiger partial charge in [-0.15, -0.1) is 0 Å². The van der Waals surface area contributed by atoms with Crippen LogP contribution in [-0.4, -0.2) is 20.6 Å². The number of nitrogens with zero attached hydrogens (tertiary/aromatic N) is 3. The van der Waals surface area contributed by atoms with Crippen LogP contribution in [0.1, 0.15) is 24.4 Å². The van der Waals surface area contributed by atoms with Crippen LogP contribution in [0.15, 0.2) is 24.3 Å². The molecular weight excluding hydrogens is 399 g/mol. The van der Waals surface area contributed by atoms with E-state index in [1.165, 1.54) is 4.68 Å². The van der Waals surface area contributed by atoms with Gasteiger partial charge >= 0.3 is 5.69 Å². The van der Waals surface area contributed by atoms with Gasteiger partial charge in [0.25, 0.3) is 0 Å². The SMILES string of the molecule is Cc1nn(C(C)C(=O)Nc2cccc(I)c2)c(C)c1[N+](=O)[O-]. The number of halogens is 1. The number of rotatable bonds is 4. The number of hydrogen-bond donors (Lipinski definition) is 1. The number of aromatic nitrogens is 2. The zero-order valence-electron chi connectivity index (χ0n) is 12.3. The fourth-order valence-corrected chi connectivity index (χ4v) is 2.76. The summed E-state index contributed by atoms with van der Waals surface area (Å²) in [5.74, 6) is -0.275. The number of anilines is 1. The van der Waals surface area contributed by atoms with Gasteiger partial charge in [-0.2, -0.15) is 5.10 Å². The second-order valence-corrected chi connectivity index (χ2v) is 6.14. The lowest BCUT2D eigenvalue weighted by Gasteiger charge is -2.14. The number of aryl methyl sites for hydroxylation is 1. The predicted molar refractivity (Wildman–Crippen MR) is 90.9 cm³/mol. The van der Waals surface area contributed by atoms with E-state index < -0.39 is 11.0 Å². The maximum absolute atomic E-state index is 12.3. The van der Waals surface area contributed by atoms with E-state index in [0.29, 0.717) is 17.1 Å². The molecule has 0 radical (unpaired) electrons. The Labute approximate surface area is 141 Å². The number of amides is 1. The molecule has 0 saturated heterocycles. The van der Waals surface area contributed by atoms with Gasteiger partial charge in [-0.05, 0) is 61.6 Å². The first-order valence-electron chi connectivity index (χ1n) is 6.57. The van der Waals surface area contributed by atoms with Crippen molar-refractivity contribution < 1.29 is 9.72 Å². The van der Waals surface area contributed by atoms with Gasteiger partial charge in [-0.3, -0.25) is 19.6 Å². The van der Waals surface area contributed by atoms with Gasteiger partial charge in [0, 0.05) is 9.26 Å². The molecule has 0 fully saturated rings. The van der Waals surface area contributed by atoms with Crippen molar-refractivity contribution in [2.24, 2.45) is 0 Å². The molecule has 1 amide bonds. The molecule has 7 nitrogen and oxygen atoms in total. The Bertz CT molecular complexity index is 742. The number of carbonyl (C=O) groups excluding carboxylic acids is 1. The number of benzene rings is 1. The van der Waals surface area contributed by atoms with Crippen LogP contribution < -0.4 is 5.32 Å². The summed E-state index contributed by atoms with van der Waals surface area (Å²) < 4.78 is 2.39. The van der Waals surface area contributed by atoms with E-state index in [4.69, 9.17) is 0 Å². The molecule has 1 heterocycles. The summed E-state index contributed by atoms with van der Waals surface area (Å²) in [5.41, 5.74) is 1.30. The molecule has 0 aliphatic carbocycles. The Morgan fingerprint density at radius 3 is 2.68 bits per heavy atom. The smallest absolute Gasteiger partial charge is 0.312 e. The zero-order valence-corrected chi connectivity index (χ0v) is 14.5. The van der Waals surface area contributed by atoms with E-state index >= 15 is 0 Å². The number of nitro groups is 1. The first kappa shape index (κ1) is 16.4. The molecule has 0 aliphatic heterocycles. The summed E-state index contributed by atoms with van der Waals surface area (Å²) >= 11 is 2.16. The van der Waals surface area contributed by atoms with E-state index in [1.54, 1.807) is 26.8 Å². The van der Waals surface area contributed by atoms with Crippen molar-refractivity contribution in [2.75, 3.05) is 5.32 Å². The lowest BCUT2D eigenvalue weighted by Crippen LogP contribution is -2.25. The predicted octanol–water partition coefficient (Wildman–Crippen LogP) is 3.21. The Hall–Kier alpha value is -1.97. The largest absolute Gasteiger partial charge is 0.324 e. The Kier molecular flexibility index (Phi) is 4.79. The minimum Gasteiger partial charge on any atom is -0.324 e. The van der Waals surface area contributed by atoms with Gasteiger partial charge in [0.1, 0.15) is 17.4 Å². The van der Waals surface area contributed by atoms with E-state index in [1.807, 2.05) is 18.2 Å². The third kappa shape index (κ3) is 3.26. The first-order valence-corrected chi connectivity index (χ1v) is 7.65. The maximum atomic E-state index is 12.3. The standard InChI is InChI=1S/C14H15IN4O3/c1-8-13(19(21)22)9(2)18(17-8)10(3)14(20)16-12-6-4-5-11(15)7-12/h4-7,10H,1-3H3,(H,16,20). The quantitative estimate of drug-likeness (QED) is 0.473. The maximum Gasteiger partial charge on any atom is 0.312 e. The van der Waals surface area contributed by atoms with Gasteiger partial charge in [0.15, 0.2) is 0 Å². The van der Waals surface area contributed by atoms with Gasteiger partial charge in [0.2, 0.25) is 5.91 Å². The molecule has 1 atom stereocenters. The van der Waals surface area contributed by atoms with Gasteiger partial charge < -0.3 is 5.32 Å².